The van der Waals surface area contributed by atoms with Gasteiger partial charge in [-0.3, -0.25) is 0 Å². The highest BCUT2D eigenvalue weighted by molar-refractivity contribution is 9.10. The quantitative estimate of drug-likeness (QED) is 0.618. The first kappa shape index (κ1) is 12.2. The maximum atomic E-state index is 11.3. The van der Waals surface area contributed by atoms with Crippen LogP contribution in [0.25, 0.3) is 0 Å². The number of hydrogen-bond acceptors (Lipinski definition) is 3. The van der Waals surface area contributed by atoms with Gasteiger partial charge in [0.1, 0.15) is 6.07 Å². The van der Waals surface area contributed by atoms with E-state index in [1.807, 2.05) is 0 Å². The van der Waals surface area contributed by atoms with E-state index in [1.54, 1.807) is 12.1 Å². The number of nitriles is 1. The summed E-state index contributed by atoms with van der Waals surface area (Å²) in [5.74, 6) is -0.414. The number of carbonyl (C=O) groups excluding carboxylic acids is 1. The van der Waals surface area contributed by atoms with E-state index >= 15 is 0 Å². The highest BCUT2D eigenvalue weighted by Crippen LogP contribution is 2.24. The molecule has 0 N–H and O–H groups in total. The van der Waals surface area contributed by atoms with Gasteiger partial charge in [-0.25, -0.2) is 4.79 Å². The molecule has 0 saturated heterocycles. The topological polar surface area (TPSA) is 50.1 Å². The summed E-state index contributed by atoms with van der Waals surface area (Å²) in [6.07, 6.45) is 0. The number of nitrogens with zero attached hydrogens (tertiary/aromatic N) is 1. The molecule has 0 aromatic heterocycles. The van der Waals surface area contributed by atoms with Gasteiger partial charge in [-0.2, -0.15) is 5.26 Å². The van der Waals surface area contributed by atoms with Crippen molar-refractivity contribution in [1.29, 1.82) is 5.26 Å². The van der Waals surface area contributed by atoms with Crippen LogP contribution in [0.2, 0.25) is 0 Å². The van der Waals surface area contributed by atoms with E-state index in [2.05, 4.69) is 42.7 Å². The molecule has 5 heteroatoms. The Hall–Kier alpha value is -0.860. The lowest BCUT2D eigenvalue weighted by molar-refractivity contribution is 0.0600. The SMILES string of the molecule is COC(=O)c1cc(Br)c(C#N)c(CBr)c1. The van der Waals surface area contributed by atoms with Crippen molar-refractivity contribution in [1.82, 2.24) is 0 Å². The van der Waals surface area contributed by atoms with Gasteiger partial charge in [-0.15, -0.1) is 0 Å². The monoisotopic (exact) mass is 331 g/mol. The van der Waals surface area contributed by atoms with Crippen LogP contribution in [-0.2, 0) is 10.1 Å². The molecule has 0 fully saturated rings. The van der Waals surface area contributed by atoms with Crippen LogP contribution in [0, 0.1) is 11.3 Å². The van der Waals surface area contributed by atoms with Gasteiger partial charge in [0, 0.05) is 9.80 Å². The highest BCUT2D eigenvalue weighted by Gasteiger charge is 2.12. The number of ether oxygens (including phenoxy) is 1. The second-order valence-corrected chi connectivity index (χ2v) is 4.14. The summed E-state index contributed by atoms with van der Waals surface area (Å²) < 4.78 is 5.21. The molecule has 0 aliphatic heterocycles. The average Bonchev–Trinajstić information content (AvgIpc) is 2.26. The lowest BCUT2D eigenvalue weighted by atomic mass is 10.1. The van der Waals surface area contributed by atoms with Crippen LogP contribution in [0.1, 0.15) is 21.5 Å². The van der Waals surface area contributed by atoms with Gasteiger partial charge in [0.05, 0.1) is 18.2 Å². The van der Waals surface area contributed by atoms with Crippen LogP contribution in [0.3, 0.4) is 0 Å². The highest BCUT2D eigenvalue weighted by atomic mass is 79.9. The number of esters is 1. The van der Waals surface area contributed by atoms with Crippen LogP contribution >= 0.6 is 31.9 Å². The zero-order valence-electron chi connectivity index (χ0n) is 7.88. The fourth-order valence-electron chi connectivity index (χ4n) is 1.13. The Labute approximate surface area is 104 Å². The van der Waals surface area contributed by atoms with Crippen molar-refractivity contribution in [3.63, 3.8) is 0 Å². The molecule has 0 amide bonds. The molecule has 0 atom stereocenters. The number of halogens is 2. The maximum absolute atomic E-state index is 11.3. The molecular weight excluding hydrogens is 326 g/mol. The summed E-state index contributed by atoms with van der Waals surface area (Å²) in [7, 11) is 1.32. The number of benzene rings is 1. The molecule has 0 spiro atoms. The molecule has 0 aliphatic rings. The Morgan fingerprint density at radius 2 is 2.27 bits per heavy atom. The van der Waals surface area contributed by atoms with E-state index in [9.17, 15) is 4.79 Å². The lowest BCUT2D eigenvalue weighted by Crippen LogP contribution is -2.03. The minimum atomic E-state index is -0.414. The Balaban J connectivity index is 3.33. The minimum absolute atomic E-state index is 0.414. The number of alkyl halides is 1. The summed E-state index contributed by atoms with van der Waals surface area (Å²) in [5.41, 5.74) is 1.71. The van der Waals surface area contributed by atoms with E-state index in [1.165, 1.54) is 7.11 Å². The maximum Gasteiger partial charge on any atom is 0.337 e. The van der Waals surface area contributed by atoms with Gasteiger partial charge in [-0.05, 0) is 33.6 Å². The second-order valence-electron chi connectivity index (χ2n) is 2.73. The van der Waals surface area contributed by atoms with Crippen molar-refractivity contribution >= 4 is 37.8 Å². The molecule has 0 unspecified atom stereocenters. The third kappa shape index (κ3) is 2.58. The number of rotatable bonds is 2. The van der Waals surface area contributed by atoms with Crippen LogP contribution in [-0.4, -0.2) is 13.1 Å². The van der Waals surface area contributed by atoms with Crippen molar-refractivity contribution in [2.45, 2.75) is 5.33 Å². The fourth-order valence-corrected chi connectivity index (χ4v) is 2.16. The number of hydrogen-bond donors (Lipinski definition) is 0. The Morgan fingerprint density at radius 3 is 2.73 bits per heavy atom. The predicted molar refractivity (Wildman–Crippen MR) is 62.8 cm³/mol. The van der Waals surface area contributed by atoms with Gasteiger partial charge in [0.25, 0.3) is 0 Å². The molecule has 1 aromatic carbocycles. The number of methoxy groups -OCH3 is 1. The van der Waals surface area contributed by atoms with Crippen molar-refractivity contribution < 1.29 is 9.53 Å². The van der Waals surface area contributed by atoms with Crippen molar-refractivity contribution in [2.75, 3.05) is 7.11 Å². The second kappa shape index (κ2) is 5.29. The van der Waals surface area contributed by atoms with Gasteiger partial charge in [0.15, 0.2) is 0 Å². The van der Waals surface area contributed by atoms with Crippen LogP contribution in [0.5, 0.6) is 0 Å². The lowest BCUT2D eigenvalue weighted by Gasteiger charge is -2.06. The first-order chi connectivity index (χ1) is 7.13. The molecule has 0 aliphatic carbocycles. The van der Waals surface area contributed by atoms with E-state index in [0.717, 1.165) is 5.56 Å². The third-order valence-corrected chi connectivity index (χ3v) is 3.08. The molecule has 1 rings (SSSR count). The summed E-state index contributed by atoms with van der Waals surface area (Å²) in [5, 5.41) is 9.41. The predicted octanol–water partition coefficient (Wildman–Crippen LogP) is 3.00. The normalized spacial score (nSPS) is 9.47. The van der Waals surface area contributed by atoms with Crippen LogP contribution in [0.4, 0.5) is 0 Å². The molecular formula is C10H7Br2NO2. The van der Waals surface area contributed by atoms with Crippen molar-refractivity contribution in [2.24, 2.45) is 0 Å². The van der Waals surface area contributed by atoms with Crippen molar-refractivity contribution in [3.05, 3.63) is 33.3 Å². The first-order valence-corrected chi connectivity index (χ1v) is 5.92. The Morgan fingerprint density at radius 1 is 1.60 bits per heavy atom. The molecule has 0 heterocycles. The number of carbonyl (C=O) groups is 1. The molecule has 1 aromatic rings. The van der Waals surface area contributed by atoms with Gasteiger partial charge < -0.3 is 4.74 Å². The molecule has 0 bridgehead atoms. The smallest absolute Gasteiger partial charge is 0.337 e. The molecule has 3 nitrogen and oxygen atoms in total. The zero-order valence-corrected chi connectivity index (χ0v) is 11.1. The Kier molecular flexibility index (Phi) is 4.30. The van der Waals surface area contributed by atoms with E-state index in [-0.39, 0.29) is 0 Å². The van der Waals surface area contributed by atoms with E-state index in [4.69, 9.17) is 5.26 Å². The third-order valence-electron chi connectivity index (χ3n) is 1.85. The van der Waals surface area contributed by atoms with E-state index in [0.29, 0.717) is 20.9 Å². The average molecular weight is 333 g/mol. The van der Waals surface area contributed by atoms with Crippen LogP contribution < -0.4 is 0 Å². The zero-order chi connectivity index (χ0) is 11.4. The minimum Gasteiger partial charge on any atom is -0.465 e. The summed E-state index contributed by atoms with van der Waals surface area (Å²) in [6, 6.07) is 5.29. The van der Waals surface area contributed by atoms with E-state index < -0.39 is 5.97 Å². The summed E-state index contributed by atoms with van der Waals surface area (Å²) >= 11 is 6.51. The largest absolute Gasteiger partial charge is 0.465 e. The first-order valence-electron chi connectivity index (χ1n) is 4.00. The summed E-state index contributed by atoms with van der Waals surface area (Å²) in [4.78, 5) is 11.3. The molecule has 0 saturated carbocycles. The van der Waals surface area contributed by atoms with Gasteiger partial charge in [0.2, 0.25) is 0 Å². The van der Waals surface area contributed by atoms with Gasteiger partial charge >= 0.3 is 5.97 Å². The van der Waals surface area contributed by atoms with Crippen molar-refractivity contribution in [3.8, 4) is 6.07 Å². The van der Waals surface area contributed by atoms with Crippen LogP contribution in [0.15, 0.2) is 16.6 Å². The molecule has 78 valence electrons. The molecule has 15 heavy (non-hydrogen) atoms. The Bertz CT molecular complexity index is 438. The standard InChI is InChI=1S/C10H7Br2NO2/c1-15-10(14)6-2-7(4-11)8(5-13)9(12)3-6/h2-3H,4H2,1H3. The fraction of sp³-hybridized carbons (Fsp3) is 0.200. The molecule has 0 radical (unpaired) electrons. The van der Waals surface area contributed by atoms with Gasteiger partial charge in [-0.1, -0.05) is 15.9 Å². The summed E-state index contributed by atoms with van der Waals surface area (Å²) in [6.45, 7) is 0.